The molecule has 0 spiro atoms. The molecule has 2 aromatic carbocycles. The van der Waals surface area contributed by atoms with Gasteiger partial charge in [-0.3, -0.25) is 9.79 Å². The molecule has 2 fully saturated rings. The largest absolute Gasteiger partial charge is 0.489 e. The van der Waals surface area contributed by atoms with Crippen molar-refractivity contribution >= 4 is 35.8 Å². The number of nitrogens with one attached hydrogen (secondary N) is 2. The van der Waals surface area contributed by atoms with Crippen molar-refractivity contribution in [3.8, 4) is 5.75 Å². The van der Waals surface area contributed by atoms with E-state index in [2.05, 4.69) is 39.9 Å². The molecule has 0 aromatic heterocycles. The molecule has 1 heterocycles. The minimum atomic E-state index is 0. The minimum Gasteiger partial charge on any atom is -0.489 e. The molecule has 178 valence electrons. The van der Waals surface area contributed by atoms with Crippen molar-refractivity contribution in [2.24, 2.45) is 10.9 Å². The Morgan fingerprint density at radius 1 is 1.06 bits per heavy atom. The van der Waals surface area contributed by atoms with Gasteiger partial charge in [0.25, 0.3) is 0 Å². The first-order valence-electron chi connectivity index (χ1n) is 11.7. The predicted octanol–water partition coefficient (Wildman–Crippen LogP) is 4.34. The molecule has 0 radical (unpaired) electrons. The number of guanidine groups is 1. The average Bonchev–Trinajstić information content (AvgIpc) is 3.53. The molecule has 4 rings (SSSR count). The first-order valence-corrected chi connectivity index (χ1v) is 11.7. The third-order valence-corrected chi connectivity index (χ3v) is 6.37. The van der Waals surface area contributed by atoms with E-state index in [0.717, 1.165) is 49.6 Å². The summed E-state index contributed by atoms with van der Waals surface area (Å²) in [6.45, 7) is 2.82. The highest BCUT2D eigenvalue weighted by Gasteiger charge is 2.32. The summed E-state index contributed by atoms with van der Waals surface area (Å²) in [6.07, 6.45) is 5.48. The highest BCUT2D eigenvalue weighted by molar-refractivity contribution is 14.0. The van der Waals surface area contributed by atoms with E-state index in [9.17, 15) is 4.79 Å². The number of halogens is 1. The van der Waals surface area contributed by atoms with Gasteiger partial charge in [-0.15, -0.1) is 24.0 Å². The van der Waals surface area contributed by atoms with Gasteiger partial charge >= 0.3 is 0 Å². The van der Waals surface area contributed by atoms with Crippen molar-refractivity contribution in [1.29, 1.82) is 0 Å². The first-order chi connectivity index (χ1) is 15.7. The number of benzene rings is 2. The van der Waals surface area contributed by atoms with E-state index in [1.54, 1.807) is 7.05 Å². The molecule has 1 amide bonds. The maximum Gasteiger partial charge on any atom is 0.225 e. The maximum absolute atomic E-state index is 12.7. The topological polar surface area (TPSA) is 66.0 Å². The average molecular weight is 562 g/mol. The Kier molecular flexibility index (Phi) is 9.84. The van der Waals surface area contributed by atoms with E-state index in [4.69, 9.17) is 4.74 Å². The number of hydrogen-bond acceptors (Lipinski definition) is 3. The molecule has 1 atom stereocenters. The molecule has 1 saturated heterocycles. The molecule has 33 heavy (non-hydrogen) atoms. The summed E-state index contributed by atoms with van der Waals surface area (Å²) in [7, 11) is 1.79. The lowest BCUT2D eigenvalue weighted by molar-refractivity contribution is -0.134. The van der Waals surface area contributed by atoms with Crippen LogP contribution in [0.3, 0.4) is 0 Å². The lowest BCUT2D eigenvalue weighted by Gasteiger charge is -2.21. The molecule has 2 N–H and O–H groups in total. The number of nitrogens with zero attached hydrogens (tertiary/aromatic N) is 2. The fourth-order valence-corrected chi connectivity index (χ4v) is 4.60. The summed E-state index contributed by atoms with van der Waals surface area (Å²) in [5.74, 6) is 2.25. The Hall–Kier alpha value is -2.29. The fourth-order valence-electron chi connectivity index (χ4n) is 4.60. The summed E-state index contributed by atoms with van der Waals surface area (Å²) >= 11 is 0. The third-order valence-electron chi connectivity index (χ3n) is 6.37. The van der Waals surface area contributed by atoms with Gasteiger partial charge in [-0.2, -0.15) is 0 Å². The first kappa shape index (κ1) is 25.3. The molecule has 1 aliphatic heterocycles. The molecule has 1 saturated carbocycles. The second-order valence-corrected chi connectivity index (χ2v) is 8.74. The summed E-state index contributed by atoms with van der Waals surface area (Å²) in [5.41, 5.74) is 2.31. The van der Waals surface area contributed by atoms with Crippen LogP contribution in [0, 0.1) is 5.92 Å². The molecule has 2 aromatic rings. The Balaban J connectivity index is 0.00000306. The van der Waals surface area contributed by atoms with Gasteiger partial charge in [0, 0.05) is 38.6 Å². The van der Waals surface area contributed by atoms with Crippen molar-refractivity contribution in [1.82, 2.24) is 15.5 Å². The van der Waals surface area contributed by atoms with Gasteiger partial charge in [0.1, 0.15) is 12.4 Å². The second-order valence-electron chi connectivity index (χ2n) is 8.74. The van der Waals surface area contributed by atoms with Gasteiger partial charge in [-0.05, 0) is 42.5 Å². The second kappa shape index (κ2) is 12.8. The number of rotatable bonds is 7. The van der Waals surface area contributed by atoms with E-state index in [1.165, 1.54) is 18.4 Å². The van der Waals surface area contributed by atoms with Crippen molar-refractivity contribution in [3.63, 3.8) is 0 Å². The molecule has 0 bridgehead atoms. The zero-order chi connectivity index (χ0) is 22.2. The van der Waals surface area contributed by atoms with Crippen LogP contribution in [0.25, 0.3) is 0 Å². The lowest BCUT2D eigenvalue weighted by atomic mass is 10.1. The van der Waals surface area contributed by atoms with Crippen LogP contribution in [0.15, 0.2) is 59.6 Å². The number of para-hydroxylation sites is 1. The highest BCUT2D eigenvalue weighted by Crippen LogP contribution is 2.27. The Bertz CT molecular complexity index is 916. The van der Waals surface area contributed by atoms with Gasteiger partial charge in [0.2, 0.25) is 5.91 Å². The van der Waals surface area contributed by atoms with E-state index in [1.807, 2.05) is 35.2 Å². The van der Waals surface area contributed by atoms with Crippen LogP contribution in [0.4, 0.5) is 0 Å². The van der Waals surface area contributed by atoms with Gasteiger partial charge in [-0.1, -0.05) is 55.3 Å². The van der Waals surface area contributed by atoms with Gasteiger partial charge in [0.15, 0.2) is 5.96 Å². The lowest BCUT2D eigenvalue weighted by Crippen LogP contribution is -2.45. The number of carbonyl (C=O) groups excluding carboxylic acids is 1. The van der Waals surface area contributed by atoms with Crippen LogP contribution < -0.4 is 15.4 Å². The molecular weight excluding hydrogens is 527 g/mol. The van der Waals surface area contributed by atoms with Crippen molar-refractivity contribution in [3.05, 3.63) is 65.7 Å². The third kappa shape index (κ3) is 7.35. The van der Waals surface area contributed by atoms with Crippen LogP contribution in [0.2, 0.25) is 0 Å². The van der Waals surface area contributed by atoms with Crippen molar-refractivity contribution in [2.45, 2.75) is 51.3 Å². The van der Waals surface area contributed by atoms with Crippen LogP contribution in [0.5, 0.6) is 5.75 Å². The molecule has 7 heteroatoms. The van der Waals surface area contributed by atoms with E-state index < -0.39 is 0 Å². The highest BCUT2D eigenvalue weighted by atomic mass is 127. The Labute approximate surface area is 214 Å². The minimum absolute atomic E-state index is 0. The van der Waals surface area contributed by atoms with Crippen LogP contribution >= 0.6 is 24.0 Å². The standard InChI is InChI=1S/C26H34N4O2.HI/c1-27-26(29-23-14-15-30(18-23)25(31)22-10-5-6-11-22)28-17-20-8-7-9-21(16-20)19-32-24-12-3-2-4-13-24;/h2-4,7-9,12-13,16,22-23H,5-6,10-11,14-15,17-19H2,1H3,(H2,27,28,29);1H. The van der Waals surface area contributed by atoms with Crippen LogP contribution in [-0.2, 0) is 17.9 Å². The molecule has 1 unspecified atom stereocenters. The maximum atomic E-state index is 12.7. The molecule has 2 aliphatic rings. The Morgan fingerprint density at radius 2 is 1.82 bits per heavy atom. The monoisotopic (exact) mass is 562 g/mol. The Morgan fingerprint density at radius 3 is 2.58 bits per heavy atom. The SMILES string of the molecule is CN=C(NCc1cccc(COc2ccccc2)c1)NC1CCN(C(=O)C2CCCC2)C1.I. The zero-order valence-corrected chi connectivity index (χ0v) is 21.7. The van der Waals surface area contributed by atoms with Gasteiger partial charge in [-0.25, -0.2) is 0 Å². The molecule has 1 aliphatic carbocycles. The van der Waals surface area contributed by atoms with Crippen molar-refractivity contribution in [2.75, 3.05) is 20.1 Å². The van der Waals surface area contributed by atoms with Crippen LogP contribution in [-0.4, -0.2) is 42.9 Å². The number of ether oxygens (including phenoxy) is 1. The predicted molar refractivity (Wildman–Crippen MR) is 143 cm³/mol. The number of carbonyl (C=O) groups is 1. The number of aliphatic imine (C=N–C) groups is 1. The molecular formula is C26H35IN4O2. The number of amides is 1. The fraction of sp³-hybridized carbons (Fsp3) is 0.462. The summed E-state index contributed by atoms with van der Waals surface area (Å²) < 4.78 is 5.86. The summed E-state index contributed by atoms with van der Waals surface area (Å²) in [4.78, 5) is 19.1. The quantitative estimate of drug-likeness (QED) is 0.300. The number of hydrogen-bond donors (Lipinski definition) is 2. The molecule has 6 nitrogen and oxygen atoms in total. The van der Waals surface area contributed by atoms with E-state index >= 15 is 0 Å². The smallest absolute Gasteiger partial charge is 0.225 e. The van der Waals surface area contributed by atoms with E-state index in [-0.39, 0.29) is 35.9 Å². The van der Waals surface area contributed by atoms with Crippen molar-refractivity contribution < 1.29 is 9.53 Å². The van der Waals surface area contributed by atoms with E-state index in [0.29, 0.717) is 19.1 Å². The van der Waals surface area contributed by atoms with Gasteiger partial charge in [0.05, 0.1) is 0 Å². The van der Waals surface area contributed by atoms with Gasteiger partial charge < -0.3 is 20.3 Å². The normalized spacial score (nSPS) is 18.6. The van der Waals surface area contributed by atoms with Crippen LogP contribution in [0.1, 0.15) is 43.2 Å². The number of likely N-dealkylation sites (tertiary alicyclic amines) is 1. The zero-order valence-electron chi connectivity index (χ0n) is 19.3. The summed E-state index contributed by atoms with van der Waals surface area (Å²) in [6, 6.07) is 18.5. The summed E-state index contributed by atoms with van der Waals surface area (Å²) in [5, 5.41) is 6.90.